The van der Waals surface area contributed by atoms with Gasteiger partial charge in [0.25, 0.3) is 0 Å². The van der Waals surface area contributed by atoms with E-state index in [1.54, 1.807) is 0 Å². The van der Waals surface area contributed by atoms with Gasteiger partial charge in [0.15, 0.2) is 0 Å². The first kappa shape index (κ1) is 15.6. The van der Waals surface area contributed by atoms with Crippen molar-refractivity contribution >= 4 is 35.3 Å². The molecule has 0 amide bonds. The first-order valence-electron chi connectivity index (χ1n) is 6.77. The summed E-state index contributed by atoms with van der Waals surface area (Å²) in [5, 5.41) is 3.49. The molecule has 1 aliphatic heterocycles. The average Bonchev–Trinajstić information content (AvgIpc) is 2.45. The fourth-order valence-corrected chi connectivity index (χ4v) is 2.69. The Labute approximate surface area is 128 Å². The van der Waals surface area contributed by atoms with Crippen LogP contribution in [-0.2, 0) is 4.74 Å². The van der Waals surface area contributed by atoms with Crippen LogP contribution in [0, 0.1) is 0 Å². The number of rotatable bonds is 6. The van der Waals surface area contributed by atoms with E-state index in [4.69, 9.17) is 16.3 Å². The zero-order chi connectivity index (χ0) is 14.4. The fraction of sp³-hybridized carbons (Fsp3) is 0.750. The summed E-state index contributed by atoms with van der Waals surface area (Å²) in [7, 11) is 0. The molecule has 6 nitrogen and oxygen atoms in total. The number of hydrogen-bond donors (Lipinski definition) is 1. The molecule has 1 aliphatic rings. The third kappa shape index (κ3) is 4.64. The van der Waals surface area contributed by atoms with E-state index in [2.05, 4.69) is 39.0 Å². The number of aromatic nitrogens is 3. The molecule has 0 aromatic carbocycles. The van der Waals surface area contributed by atoms with Gasteiger partial charge in [-0.1, -0.05) is 6.92 Å². The minimum absolute atomic E-state index is 0.222. The third-order valence-electron chi connectivity index (χ3n) is 2.84. The van der Waals surface area contributed by atoms with E-state index in [1.807, 2.05) is 11.8 Å². The van der Waals surface area contributed by atoms with E-state index in [9.17, 15) is 0 Å². The molecule has 2 rings (SSSR count). The first-order chi connectivity index (χ1) is 9.69. The van der Waals surface area contributed by atoms with Crippen LogP contribution in [0.4, 0.5) is 11.9 Å². The van der Waals surface area contributed by atoms with E-state index in [0.29, 0.717) is 25.1 Å². The molecule has 0 bridgehead atoms. The van der Waals surface area contributed by atoms with Crippen molar-refractivity contribution in [2.75, 3.05) is 48.0 Å². The van der Waals surface area contributed by atoms with Gasteiger partial charge in [0.2, 0.25) is 17.2 Å². The van der Waals surface area contributed by atoms with Gasteiger partial charge in [-0.3, -0.25) is 0 Å². The number of nitrogens with zero attached hydrogens (tertiary/aromatic N) is 4. The van der Waals surface area contributed by atoms with Crippen molar-refractivity contribution in [1.29, 1.82) is 0 Å². The van der Waals surface area contributed by atoms with Gasteiger partial charge < -0.3 is 15.0 Å². The highest BCUT2D eigenvalue weighted by molar-refractivity contribution is 7.99. The SMILES string of the molecule is CCSCC(C)Nc1nc(Cl)nc(N2CCOCC2)n1. The van der Waals surface area contributed by atoms with Crippen molar-refractivity contribution < 1.29 is 4.74 Å². The number of ether oxygens (including phenoxy) is 1. The topological polar surface area (TPSA) is 63.2 Å². The summed E-state index contributed by atoms with van der Waals surface area (Å²) < 4.78 is 5.33. The maximum atomic E-state index is 5.99. The van der Waals surface area contributed by atoms with Crippen LogP contribution < -0.4 is 10.2 Å². The van der Waals surface area contributed by atoms with Crippen molar-refractivity contribution in [3.8, 4) is 0 Å². The molecule has 0 spiro atoms. The predicted octanol–water partition coefficient (Wildman–Crippen LogP) is 1.92. The highest BCUT2D eigenvalue weighted by atomic mass is 35.5. The molecule has 0 saturated carbocycles. The smallest absolute Gasteiger partial charge is 0.231 e. The number of thioether (sulfide) groups is 1. The maximum Gasteiger partial charge on any atom is 0.231 e. The summed E-state index contributed by atoms with van der Waals surface area (Å²) in [6.45, 7) is 7.19. The zero-order valence-electron chi connectivity index (χ0n) is 11.8. The number of anilines is 2. The Balaban J connectivity index is 2.03. The van der Waals surface area contributed by atoms with Crippen LogP contribution in [0.1, 0.15) is 13.8 Å². The van der Waals surface area contributed by atoms with Crippen LogP contribution in [-0.4, -0.2) is 58.8 Å². The van der Waals surface area contributed by atoms with E-state index in [0.717, 1.165) is 24.6 Å². The molecule has 1 fully saturated rings. The average molecular weight is 318 g/mol. The van der Waals surface area contributed by atoms with Gasteiger partial charge in [-0.15, -0.1) is 0 Å². The van der Waals surface area contributed by atoms with Crippen LogP contribution in [0.2, 0.25) is 5.28 Å². The predicted molar refractivity (Wildman–Crippen MR) is 84.0 cm³/mol. The maximum absolute atomic E-state index is 5.99. The molecule has 1 saturated heterocycles. The van der Waals surface area contributed by atoms with E-state index >= 15 is 0 Å². The second kappa shape index (κ2) is 7.85. The molecule has 1 aromatic heterocycles. The molecule has 0 aliphatic carbocycles. The van der Waals surface area contributed by atoms with Gasteiger partial charge in [-0.2, -0.15) is 26.7 Å². The molecule has 20 heavy (non-hydrogen) atoms. The zero-order valence-corrected chi connectivity index (χ0v) is 13.4. The molecule has 8 heteroatoms. The van der Waals surface area contributed by atoms with E-state index in [1.165, 1.54) is 0 Å². The highest BCUT2D eigenvalue weighted by Gasteiger charge is 2.16. The Morgan fingerprint density at radius 2 is 2.10 bits per heavy atom. The van der Waals surface area contributed by atoms with Crippen molar-refractivity contribution in [2.24, 2.45) is 0 Å². The molecule has 1 N–H and O–H groups in total. The van der Waals surface area contributed by atoms with Crippen molar-refractivity contribution in [3.63, 3.8) is 0 Å². The summed E-state index contributed by atoms with van der Waals surface area (Å²) in [5.41, 5.74) is 0. The third-order valence-corrected chi connectivity index (χ3v) is 4.15. The van der Waals surface area contributed by atoms with E-state index < -0.39 is 0 Å². The Morgan fingerprint density at radius 1 is 1.35 bits per heavy atom. The summed E-state index contributed by atoms with van der Waals surface area (Å²) in [5.74, 6) is 3.26. The summed E-state index contributed by atoms with van der Waals surface area (Å²) >= 11 is 7.87. The normalized spacial score (nSPS) is 17.1. The van der Waals surface area contributed by atoms with Gasteiger partial charge in [-0.05, 0) is 24.3 Å². The Kier molecular flexibility index (Phi) is 6.12. The summed E-state index contributed by atoms with van der Waals surface area (Å²) in [6, 6.07) is 0.288. The Bertz CT molecular complexity index is 430. The summed E-state index contributed by atoms with van der Waals surface area (Å²) in [4.78, 5) is 14.8. The first-order valence-corrected chi connectivity index (χ1v) is 8.31. The fourth-order valence-electron chi connectivity index (χ4n) is 1.87. The molecule has 112 valence electrons. The molecule has 0 radical (unpaired) electrons. The molecule has 1 unspecified atom stereocenters. The van der Waals surface area contributed by atoms with Gasteiger partial charge in [0.1, 0.15) is 0 Å². The lowest BCUT2D eigenvalue weighted by atomic mass is 10.4. The largest absolute Gasteiger partial charge is 0.378 e. The number of morpholine rings is 1. The highest BCUT2D eigenvalue weighted by Crippen LogP contribution is 2.16. The van der Waals surface area contributed by atoms with Gasteiger partial charge in [-0.25, -0.2) is 0 Å². The number of nitrogens with one attached hydrogen (secondary N) is 1. The van der Waals surface area contributed by atoms with Crippen LogP contribution in [0.3, 0.4) is 0 Å². The standard InChI is InChI=1S/C12H20ClN5OS/c1-3-20-8-9(2)14-11-15-10(13)16-12(17-11)18-4-6-19-7-5-18/h9H,3-8H2,1-2H3,(H,14,15,16,17). The second-order valence-corrected chi connectivity index (χ2v) is 6.19. The lowest BCUT2D eigenvalue weighted by Gasteiger charge is -2.27. The van der Waals surface area contributed by atoms with Gasteiger partial charge in [0, 0.05) is 24.9 Å². The van der Waals surface area contributed by atoms with Crippen molar-refractivity contribution in [2.45, 2.75) is 19.9 Å². The Morgan fingerprint density at radius 3 is 2.80 bits per heavy atom. The molecular formula is C12H20ClN5OS. The van der Waals surface area contributed by atoms with Crippen LogP contribution in [0.5, 0.6) is 0 Å². The second-order valence-electron chi connectivity index (χ2n) is 4.53. The number of halogens is 1. The van der Waals surface area contributed by atoms with Gasteiger partial charge in [0.05, 0.1) is 13.2 Å². The summed E-state index contributed by atoms with van der Waals surface area (Å²) in [6.07, 6.45) is 0. The van der Waals surface area contributed by atoms with Crippen molar-refractivity contribution in [1.82, 2.24) is 15.0 Å². The Hall–Kier alpha value is -0.790. The van der Waals surface area contributed by atoms with Crippen LogP contribution in [0.25, 0.3) is 0 Å². The molecule has 1 aromatic rings. The number of hydrogen-bond acceptors (Lipinski definition) is 7. The van der Waals surface area contributed by atoms with Crippen LogP contribution in [0.15, 0.2) is 0 Å². The van der Waals surface area contributed by atoms with Crippen LogP contribution >= 0.6 is 23.4 Å². The minimum atomic E-state index is 0.222. The van der Waals surface area contributed by atoms with E-state index in [-0.39, 0.29) is 11.3 Å². The minimum Gasteiger partial charge on any atom is -0.378 e. The van der Waals surface area contributed by atoms with Crippen molar-refractivity contribution in [3.05, 3.63) is 5.28 Å². The quantitative estimate of drug-likeness (QED) is 0.860. The molecular weight excluding hydrogens is 298 g/mol. The lowest BCUT2D eigenvalue weighted by Crippen LogP contribution is -2.37. The lowest BCUT2D eigenvalue weighted by molar-refractivity contribution is 0.122. The molecule has 2 heterocycles. The monoisotopic (exact) mass is 317 g/mol. The molecule has 1 atom stereocenters. The van der Waals surface area contributed by atoms with Gasteiger partial charge >= 0.3 is 0 Å².